The summed E-state index contributed by atoms with van der Waals surface area (Å²) in [5.74, 6) is 2.15. The van der Waals surface area contributed by atoms with Crippen LogP contribution in [-0.4, -0.2) is 43.8 Å². The molecule has 0 aliphatic heterocycles. The van der Waals surface area contributed by atoms with Crippen LogP contribution in [0.2, 0.25) is 0 Å². The van der Waals surface area contributed by atoms with Gasteiger partial charge in [0.1, 0.15) is 5.75 Å². The average Bonchev–Trinajstić information content (AvgIpc) is 3.05. The first-order valence-electron chi connectivity index (χ1n) is 9.63. The van der Waals surface area contributed by atoms with Crippen LogP contribution in [0.4, 0.5) is 0 Å². The summed E-state index contributed by atoms with van der Waals surface area (Å²) in [6.45, 7) is 2.51. The van der Waals surface area contributed by atoms with Crippen LogP contribution in [0.15, 0.2) is 41.2 Å². The van der Waals surface area contributed by atoms with Gasteiger partial charge in [0.15, 0.2) is 11.5 Å². The molecule has 29 heavy (non-hydrogen) atoms. The maximum Gasteiger partial charge on any atom is 0.268 e. The number of benzene rings is 2. The second-order valence-corrected chi connectivity index (χ2v) is 8.02. The predicted molar refractivity (Wildman–Crippen MR) is 118 cm³/mol. The summed E-state index contributed by atoms with van der Waals surface area (Å²) in [5, 5.41) is 0.681. The van der Waals surface area contributed by atoms with Gasteiger partial charge in [0.25, 0.3) is 5.56 Å². The van der Waals surface area contributed by atoms with Gasteiger partial charge in [0.2, 0.25) is 0 Å². The second-order valence-electron chi connectivity index (χ2n) is 6.96. The number of aromatic nitrogens is 1. The number of unbranched alkanes of at least 4 members (excludes halogenated alkanes) is 1. The fraction of sp³-hybridized carbons (Fsp3) is 0.409. The van der Waals surface area contributed by atoms with E-state index in [9.17, 15) is 4.79 Å². The van der Waals surface area contributed by atoms with Crippen molar-refractivity contribution in [1.82, 2.24) is 8.86 Å². The first-order valence-corrected chi connectivity index (χ1v) is 10.4. The van der Waals surface area contributed by atoms with E-state index >= 15 is 0 Å². The lowest BCUT2D eigenvalue weighted by Crippen LogP contribution is -2.20. The summed E-state index contributed by atoms with van der Waals surface area (Å²) in [4.78, 5) is 15.0. The van der Waals surface area contributed by atoms with Gasteiger partial charge in [-0.25, -0.2) is 0 Å². The van der Waals surface area contributed by atoms with Crippen molar-refractivity contribution < 1.29 is 14.2 Å². The number of methoxy groups -OCH3 is 3. The molecule has 0 bridgehead atoms. The number of ether oxygens (including phenoxy) is 3. The number of rotatable bonds is 10. The summed E-state index contributed by atoms with van der Waals surface area (Å²) >= 11 is 1.48. The van der Waals surface area contributed by atoms with Crippen LogP contribution in [-0.2, 0) is 13.1 Å². The van der Waals surface area contributed by atoms with Crippen molar-refractivity contribution >= 4 is 21.6 Å². The van der Waals surface area contributed by atoms with Crippen LogP contribution in [0, 0.1) is 0 Å². The first-order chi connectivity index (χ1) is 14.1. The van der Waals surface area contributed by atoms with E-state index < -0.39 is 0 Å². The molecule has 0 amide bonds. The summed E-state index contributed by atoms with van der Waals surface area (Å²) in [5.41, 5.74) is 1.22. The van der Waals surface area contributed by atoms with Crippen LogP contribution in [0.5, 0.6) is 17.2 Å². The van der Waals surface area contributed by atoms with Crippen molar-refractivity contribution in [2.24, 2.45) is 0 Å². The summed E-state index contributed by atoms with van der Waals surface area (Å²) in [7, 11) is 6.99. The molecule has 156 valence electrons. The largest absolute Gasteiger partial charge is 0.496 e. The highest BCUT2D eigenvalue weighted by Gasteiger charge is 2.13. The Kier molecular flexibility index (Phi) is 7.17. The lowest BCUT2D eigenvalue weighted by molar-refractivity contribution is 0.308. The van der Waals surface area contributed by atoms with E-state index in [0.717, 1.165) is 36.4 Å². The van der Waals surface area contributed by atoms with E-state index in [4.69, 9.17) is 14.2 Å². The molecule has 0 N–H and O–H groups in total. The summed E-state index contributed by atoms with van der Waals surface area (Å²) in [6, 6.07) is 11.7. The van der Waals surface area contributed by atoms with Gasteiger partial charge in [0, 0.05) is 24.7 Å². The smallest absolute Gasteiger partial charge is 0.268 e. The Morgan fingerprint density at radius 3 is 2.38 bits per heavy atom. The molecular weight excluding hydrogens is 388 g/mol. The number of hydrogen-bond acceptors (Lipinski definition) is 6. The third-order valence-corrected chi connectivity index (χ3v) is 6.04. The van der Waals surface area contributed by atoms with Crippen LogP contribution >= 0.6 is 11.5 Å². The maximum absolute atomic E-state index is 12.7. The molecule has 0 spiro atoms. The lowest BCUT2D eigenvalue weighted by atomic mass is 10.2. The van der Waals surface area contributed by atoms with E-state index in [2.05, 4.69) is 18.0 Å². The highest BCUT2D eigenvalue weighted by Crippen LogP contribution is 2.32. The van der Waals surface area contributed by atoms with Gasteiger partial charge < -0.3 is 19.1 Å². The highest BCUT2D eigenvalue weighted by atomic mass is 32.1. The predicted octanol–water partition coefficient (Wildman–Crippen LogP) is 4.00. The Hall–Kier alpha value is -2.51. The third kappa shape index (κ3) is 4.92. The number of nitrogens with zero attached hydrogens (tertiary/aromatic N) is 2. The number of hydrogen-bond donors (Lipinski definition) is 0. The zero-order chi connectivity index (χ0) is 20.8. The standard InChI is InChI=1S/C22H28N2O4S/c1-23(15-16-9-5-6-10-18(16)26-2)11-7-8-12-24-22(25)17-13-19(27-3)20(28-4)14-21(17)29-24/h5-6,9-10,13-14H,7-8,11-12,15H2,1-4H3. The molecule has 0 fully saturated rings. The number of para-hydroxylation sites is 1. The van der Waals surface area contributed by atoms with Crippen molar-refractivity contribution in [3.63, 3.8) is 0 Å². The maximum atomic E-state index is 12.7. The Bertz CT molecular complexity index is 1010. The Morgan fingerprint density at radius 1 is 0.966 bits per heavy atom. The van der Waals surface area contributed by atoms with Gasteiger partial charge in [-0.05, 0) is 38.6 Å². The van der Waals surface area contributed by atoms with Gasteiger partial charge in [-0.1, -0.05) is 29.7 Å². The minimum absolute atomic E-state index is 0.0355. The van der Waals surface area contributed by atoms with Crippen LogP contribution in [0.25, 0.3) is 10.1 Å². The van der Waals surface area contributed by atoms with Crippen LogP contribution in [0.3, 0.4) is 0 Å². The van der Waals surface area contributed by atoms with E-state index in [1.165, 1.54) is 17.1 Å². The number of aryl methyl sites for hydroxylation is 1. The summed E-state index contributed by atoms with van der Waals surface area (Å²) in [6.07, 6.45) is 1.95. The monoisotopic (exact) mass is 416 g/mol. The van der Waals surface area contributed by atoms with E-state index in [1.54, 1.807) is 27.4 Å². The fourth-order valence-electron chi connectivity index (χ4n) is 3.39. The van der Waals surface area contributed by atoms with Gasteiger partial charge in [0.05, 0.1) is 31.4 Å². The minimum atomic E-state index is 0.0355. The molecule has 0 saturated carbocycles. The molecule has 2 aromatic carbocycles. The zero-order valence-electron chi connectivity index (χ0n) is 17.4. The summed E-state index contributed by atoms with van der Waals surface area (Å²) < 4.78 is 18.8. The fourth-order valence-corrected chi connectivity index (χ4v) is 4.43. The van der Waals surface area contributed by atoms with Gasteiger partial charge >= 0.3 is 0 Å². The molecule has 0 atom stereocenters. The van der Waals surface area contributed by atoms with Crippen molar-refractivity contribution in [2.75, 3.05) is 34.9 Å². The topological polar surface area (TPSA) is 52.9 Å². The average molecular weight is 417 g/mol. The number of fused-ring (bicyclic) bond motifs is 1. The molecule has 0 aliphatic carbocycles. The van der Waals surface area contributed by atoms with Gasteiger partial charge in [-0.15, -0.1) is 0 Å². The van der Waals surface area contributed by atoms with Crippen molar-refractivity contribution in [2.45, 2.75) is 25.9 Å². The SMILES string of the molecule is COc1ccccc1CN(C)CCCCn1sc2cc(OC)c(OC)cc2c1=O. The molecule has 3 rings (SSSR count). The molecule has 0 saturated heterocycles. The van der Waals surface area contributed by atoms with Crippen LogP contribution < -0.4 is 19.8 Å². The van der Waals surface area contributed by atoms with Crippen molar-refractivity contribution in [3.8, 4) is 17.2 Å². The zero-order valence-corrected chi connectivity index (χ0v) is 18.3. The molecule has 0 radical (unpaired) electrons. The Balaban J connectivity index is 1.57. The molecule has 0 unspecified atom stereocenters. The van der Waals surface area contributed by atoms with Gasteiger partial charge in [-0.2, -0.15) is 0 Å². The molecule has 1 aromatic heterocycles. The highest BCUT2D eigenvalue weighted by molar-refractivity contribution is 7.13. The van der Waals surface area contributed by atoms with E-state index in [0.29, 0.717) is 23.4 Å². The van der Waals surface area contributed by atoms with Crippen LogP contribution in [0.1, 0.15) is 18.4 Å². The molecule has 0 aliphatic rings. The quantitative estimate of drug-likeness (QED) is 0.468. The normalized spacial score (nSPS) is 11.2. The van der Waals surface area contributed by atoms with Crippen molar-refractivity contribution in [1.29, 1.82) is 0 Å². The molecular formula is C22H28N2O4S. The van der Waals surface area contributed by atoms with E-state index in [1.807, 2.05) is 28.2 Å². The molecule has 7 heteroatoms. The minimum Gasteiger partial charge on any atom is -0.496 e. The molecule has 6 nitrogen and oxygen atoms in total. The second kappa shape index (κ2) is 9.80. The Morgan fingerprint density at radius 2 is 1.66 bits per heavy atom. The molecule has 1 heterocycles. The lowest BCUT2D eigenvalue weighted by Gasteiger charge is -2.18. The third-order valence-electron chi connectivity index (χ3n) is 4.94. The van der Waals surface area contributed by atoms with Crippen molar-refractivity contribution in [3.05, 3.63) is 52.3 Å². The van der Waals surface area contributed by atoms with E-state index in [-0.39, 0.29) is 5.56 Å². The first kappa shape index (κ1) is 21.2. The Labute approximate surface area is 175 Å². The van der Waals surface area contributed by atoms with Gasteiger partial charge in [-0.3, -0.25) is 8.75 Å². The molecule has 3 aromatic rings.